The Bertz CT molecular complexity index is 932. The van der Waals surface area contributed by atoms with Crippen LogP contribution in [0.2, 0.25) is 0 Å². The molecule has 1 saturated heterocycles. The highest BCUT2D eigenvalue weighted by Crippen LogP contribution is 2.29. The van der Waals surface area contributed by atoms with Gasteiger partial charge in [0.1, 0.15) is 12.4 Å². The fourth-order valence-electron chi connectivity index (χ4n) is 3.52. The molecule has 30 heavy (non-hydrogen) atoms. The molecule has 1 fully saturated rings. The first kappa shape index (κ1) is 22.3. The van der Waals surface area contributed by atoms with E-state index < -0.39 is 22.0 Å². The van der Waals surface area contributed by atoms with Crippen LogP contribution in [-0.2, 0) is 33.8 Å². The molecule has 0 amide bonds. The first-order valence-electron chi connectivity index (χ1n) is 9.65. The molecule has 1 aromatic carbocycles. The van der Waals surface area contributed by atoms with E-state index in [1.807, 2.05) is 0 Å². The number of benzene rings is 1. The second kappa shape index (κ2) is 9.15. The Labute approximate surface area is 176 Å². The second-order valence-corrected chi connectivity index (χ2v) is 9.23. The van der Waals surface area contributed by atoms with Crippen molar-refractivity contribution in [2.45, 2.75) is 24.7 Å². The minimum absolute atomic E-state index is 0.00103. The van der Waals surface area contributed by atoms with Gasteiger partial charge in [0.2, 0.25) is 10.0 Å². The molecule has 0 bridgehead atoms. The third-order valence-electron chi connectivity index (χ3n) is 5.36. The maximum absolute atomic E-state index is 12.9. The van der Waals surface area contributed by atoms with E-state index >= 15 is 0 Å². The van der Waals surface area contributed by atoms with Crippen molar-refractivity contribution in [3.8, 4) is 0 Å². The molecule has 0 saturated carbocycles. The van der Waals surface area contributed by atoms with Crippen LogP contribution >= 0.6 is 0 Å². The van der Waals surface area contributed by atoms with Gasteiger partial charge in [-0.05, 0) is 43.0 Å². The number of carbonyl (C=O) groups is 2. The molecular formula is C20H26N2O7S. The zero-order valence-corrected chi connectivity index (χ0v) is 18.1. The molecule has 0 aliphatic carbocycles. The third kappa shape index (κ3) is 4.35. The molecule has 0 atom stereocenters. The van der Waals surface area contributed by atoms with Crippen LogP contribution in [0.1, 0.15) is 19.8 Å². The fourth-order valence-corrected chi connectivity index (χ4v) is 4.99. The van der Waals surface area contributed by atoms with Gasteiger partial charge in [-0.15, -0.1) is 0 Å². The van der Waals surface area contributed by atoms with E-state index in [0.29, 0.717) is 24.7 Å². The van der Waals surface area contributed by atoms with Gasteiger partial charge < -0.3 is 19.1 Å². The Kier molecular flexibility index (Phi) is 6.79. The number of hydrogen-bond acceptors (Lipinski definition) is 8. The van der Waals surface area contributed by atoms with Crippen LogP contribution in [-0.4, -0.2) is 65.3 Å². The van der Waals surface area contributed by atoms with Gasteiger partial charge in [-0.2, -0.15) is 4.31 Å². The van der Waals surface area contributed by atoms with Crippen molar-refractivity contribution in [2.24, 2.45) is 5.92 Å². The highest BCUT2D eigenvalue weighted by molar-refractivity contribution is 7.89. The molecule has 10 heteroatoms. The lowest BCUT2D eigenvalue weighted by atomic mass is 10.0. The summed E-state index contributed by atoms with van der Waals surface area (Å²) in [5.41, 5.74) is 0.536. The van der Waals surface area contributed by atoms with Gasteiger partial charge in [-0.3, -0.25) is 0 Å². The molecule has 164 valence electrons. The van der Waals surface area contributed by atoms with Crippen LogP contribution in [0, 0.1) is 5.92 Å². The van der Waals surface area contributed by atoms with Crippen LogP contribution in [0.5, 0.6) is 0 Å². The van der Waals surface area contributed by atoms with Crippen molar-refractivity contribution >= 4 is 27.6 Å². The van der Waals surface area contributed by atoms with Crippen molar-refractivity contribution < 1.29 is 32.2 Å². The van der Waals surface area contributed by atoms with Crippen molar-refractivity contribution in [2.75, 3.05) is 45.5 Å². The average molecular weight is 439 g/mol. The molecule has 2 aliphatic rings. The van der Waals surface area contributed by atoms with E-state index in [0.717, 1.165) is 12.8 Å². The lowest BCUT2D eigenvalue weighted by Crippen LogP contribution is -2.39. The highest BCUT2D eigenvalue weighted by Gasteiger charge is 2.33. The molecule has 0 aromatic heterocycles. The molecule has 9 nitrogen and oxygen atoms in total. The van der Waals surface area contributed by atoms with Gasteiger partial charge in [0.25, 0.3) is 0 Å². The summed E-state index contributed by atoms with van der Waals surface area (Å²) in [6, 6.07) is 6.13. The Morgan fingerprint density at radius 1 is 1.03 bits per heavy atom. The van der Waals surface area contributed by atoms with Crippen molar-refractivity contribution in [3.63, 3.8) is 0 Å². The summed E-state index contributed by atoms with van der Waals surface area (Å²) in [6.07, 6.45) is 1.68. The fraction of sp³-hybridized carbons (Fsp3) is 0.500. The molecule has 3 rings (SSSR count). The minimum atomic E-state index is -3.59. The van der Waals surface area contributed by atoms with Gasteiger partial charge in [-0.25, -0.2) is 18.0 Å². The number of piperidine rings is 1. The number of nitrogens with zero attached hydrogens (tertiary/aromatic N) is 2. The topological polar surface area (TPSA) is 102 Å². The third-order valence-corrected chi connectivity index (χ3v) is 7.27. The summed E-state index contributed by atoms with van der Waals surface area (Å²) in [5.74, 6) is -0.887. The van der Waals surface area contributed by atoms with Gasteiger partial charge >= 0.3 is 11.9 Å². The van der Waals surface area contributed by atoms with Crippen molar-refractivity contribution in [1.29, 1.82) is 0 Å². The van der Waals surface area contributed by atoms with Crippen molar-refractivity contribution in [1.82, 2.24) is 4.31 Å². The van der Waals surface area contributed by atoms with E-state index in [-0.39, 0.29) is 29.5 Å². The smallest absolute Gasteiger partial charge is 0.355 e. The number of rotatable bonds is 5. The van der Waals surface area contributed by atoms with Crippen LogP contribution in [0.15, 0.2) is 40.4 Å². The van der Waals surface area contributed by atoms with E-state index in [1.54, 1.807) is 12.1 Å². The standard InChI is InChI=1S/C20H26N2O7S/c1-14-8-10-21(11-9-14)30(25,26)16-6-4-15(5-7-16)22-13-29-12-17(19(23)27-2)18(22)20(24)28-3/h4-7,14H,8-13H2,1-3H3. The summed E-state index contributed by atoms with van der Waals surface area (Å²) >= 11 is 0. The van der Waals surface area contributed by atoms with Gasteiger partial charge in [0.15, 0.2) is 0 Å². The van der Waals surface area contributed by atoms with Gasteiger partial charge in [-0.1, -0.05) is 6.92 Å². The number of hydrogen-bond donors (Lipinski definition) is 0. The van der Waals surface area contributed by atoms with E-state index in [9.17, 15) is 18.0 Å². The predicted octanol–water partition coefficient (Wildman–Crippen LogP) is 1.50. The lowest BCUT2D eigenvalue weighted by Gasteiger charge is -2.32. The first-order chi connectivity index (χ1) is 14.3. The number of sulfonamides is 1. The molecule has 0 radical (unpaired) electrons. The van der Waals surface area contributed by atoms with Crippen LogP contribution in [0.3, 0.4) is 0 Å². The summed E-state index contributed by atoms with van der Waals surface area (Å²) in [5, 5.41) is 0. The Hall–Kier alpha value is -2.43. The molecule has 2 heterocycles. The zero-order valence-electron chi connectivity index (χ0n) is 17.3. The number of methoxy groups -OCH3 is 2. The maximum Gasteiger partial charge on any atom is 0.355 e. The van der Waals surface area contributed by atoms with E-state index in [1.165, 1.54) is 35.6 Å². The number of esters is 2. The zero-order chi connectivity index (χ0) is 21.9. The molecule has 1 aromatic rings. The van der Waals surface area contributed by atoms with Crippen LogP contribution in [0.4, 0.5) is 5.69 Å². The molecule has 0 unspecified atom stereocenters. The maximum atomic E-state index is 12.9. The van der Waals surface area contributed by atoms with Crippen molar-refractivity contribution in [3.05, 3.63) is 35.5 Å². The van der Waals surface area contributed by atoms with Crippen LogP contribution in [0.25, 0.3) is 0 Å². The summed E-state index contributed by atoms with van der Waals surface area (Å²) in [7, 11) is -1.16. The normalized spacial score (nSPS) is 19.0. The Balaban J connectivity index is 1.91. The number of ether oxygens (including phenoxy) is 3. The largest absolute Gasteiger partial charge is 0.466 e. The second-order valence-electron chi connectivity index (χ2n) is 7.30. The quantitative estimate of drug-likeness (QED) is 0.638. The Morgan fingerprint density at radius 2 is 1.63 bits per heavy atom. The highest BCUT2D eigenvalue weighted by atomic mass is 32.2. The minimum Gasteiger partial charge on any atom is -0.466 e. The predicted molar refractivity (Wildman–Crippen MR) is 108 cm³/mol. The molecule has 0 N–H and O–H groups in total. The number of anilines is 1. The van der Waals surface area contributed by atoms with Gasteiger partial charge in [0.05, 0.1) is 31.3 Å². The van der Waals surface area contributed by atoms with Crippen LogP contribution < -0.4 is 4.90 Å². The lowest BCUT2D eigenvalue weighted by molar-refractivity contribution is -0.140. The van der Waals surface area contributed by atoms with E-state index in [2.05, 4.69) is 6.92 Å². The first-order valence-corrected chi connectivity index (χ1v) is 11.1. The summed E-state index contributed by atoms with van der Waals surface area (Å²) < 4.78 is 42.4. The Morgan fingerprint density at radius 3 is 2.20 bits per heavy atom. The summed E-state index contributed by atoms with van der Waals surface area (Å²) in [4.78, 5) is 26.1. The SMILES string of the molecule is COC(=O)C1=C(C(=O)OC)N(c2ccc(S(=O)(=O)N3CCC(C)CC3)cc2)COC1. The van der Waals surface area contributed by atoms with E-state index in [4.69, 9.17) is 14.2 Å². The molecule has 2 aliphatic heterocycles. The monoisotopic (exact) mass is 438 g/mol. The average Bonchev–Trinajstić information content (AvgIpc) is 2.77. The molecular weight excluding hydrogens is 412 g/mol. The summed E-state index contributed by atoms with van der Waals surface area (Å²) in [6.45, 7) is 3.04. The van der Waals surface area contributed by atoms with Gasteiger partial charge in [0, 0.05) is 18.8 Å². The molecule has 0 spiro atoms. The number of carbonyl (C=O) groups excluding carboxylic acids is 2.